The predicted molar refractivity (Wildman–Crippen MR) is 54.0 cm³/mol. The summed E-state index contributed by atoms with van der Waals surface area (Å²) >= 11 is 2.05. The Labute approximate surface area is 84.3 Å². The van der Waals surface area contributed by atoms with Crippen molar-refractivity contribution >= 4 is 28.9 Å². The van der Waals surface area contributed by atoms with Crippen LogP contribution in [0.4, 0.5) is 0 Å². The lowest BCUT2D eigenvalue weighted by molar-refractivity contribution is 0.112. The quantitative estimate of drug-likeness (QED) is 0.580. The fourth-order valence-corrected chi connectivity index (χ4v) is 1.86. The van der Waals surface area contributed by atoms with Crippen molar-refractivity contribution in [1.29, 1.82) is 5.26 Å². The van der Waals surface area contributed by atoms with E-state index in [0.717, 1.165) is 15.4 Å². The first-order valence-corrected chi connectivity index (χ1v) is 4.42. The summed E-state index contributed by atoms with van der Waals surface area (Å²) in [6.45, 7) is 1.83. The highest BCUT2D eigenvalue weighted by atomic mass is 127. The lowest BCUT2D eigenvalue weighted by atomic mass is 10.1. The van der Waals surface area contributed by atoms with E-state index in [2.05, 4.69) is 22.6 Å². The number of benzene rings is 1. The number of hydrogen-bond acceptors (Lipinski definition) is 2. The normalized spacial score (nSPS) is 9.08. The number of hydrogen-bond donors (Lipinski definition) is 0. The van der Waals surface area contributed by atoms with Gasteiger partial charge in [-0.05, 0) is 47.2 Å². The van der Waals surface area contributed by atoms with E-state index in [4.69, 9.17) is 5.26 Å². The second kappa shape index (κ2) is 3.68. The lowest BCUT2D eigenvalue weighted by Crippen LogP contribution is -1.92. The van der Waals surface area contributed by atoms with Gasteiger partial charge in [0.15, 0.2) is 6.29 Å². The number of rotatable bonds is 1. The molecule has 0 bridgehead atoms. The highest BCUT2D eigenvalue weighted by Gasteiger charge is 2.03. The number of carbonyl (C=O) groups is 1. The van der Waals surface area contributed by atoms with E-state index in [9.17, 15) is 4.79 Å². The van der Waals surface area contributed by atoms with Crippen LogP contribution in [0.15, 0.2) is 12.1 Å². The molecular weight excluding hydrogens is 265 g/mol. The minimum absolute atomic E-state index is 0.600. The van der Waals surface area contributed by atoms with Gasteiger partial charge in [-0.3, -0.25) is 4.79 Å². The van der Waals surface area contributed by atoms with E-state index in [1.54, 1.807) is 12.1 Å². The number of aryl methyl sites for hydroxylation is 1. The lowest BCUT2D eigenvalue weighted by Gasteiger charge is -2.01. The van der Waals surface area contributed by atoms with Gasteiger partial charge in [0.2, 0.25) is 0 Å². The van der Waals surface area contributed by atoms with Gasteiger partial charge in [-0.2, -0.15) is 5.26 Å². The van der Waals surface area contributed by atoms with Crippen LogP contribution in [0.3, 0.4) is 0 Å². The molecule has 2 nitrogen and oxygen atoms in total. The van der Waals surface area contributed by atoms with E-state index in [1.807, 2.05) is 13.0 Å². The molecule has 0 N–H and O–H groups in total. The van der Waals surface area contributed by atoms with Crippen LogP contribution in [0, 0.1) is 21.8 Å². The average molecular weight is 271 g/mol. The summed E-state index contributed by atoms with van der Waals surface area (Å²) in [5.74, 6) is 0. The molecule has 0 aliphatic rings. The van der Waals surface area contributed by atoms with Gasteiger partial charge in [0.1, 0.15) is 0 Å². The van der Waals surface area contributed by atoms with Crippen LogP contribution in [0.1, 0.15) is 21.5 Å². The minimum Gasteiger partial charge on any atom is -0.298 e. The van der Waals surface area contributed by atoms with Gasteiger partial charge in [-0.15, -0.1) is 0 Å². The molecule has 1 aromatic rings. The predicted octanol–water partition coefficient (Wildman–Crippen LogP) is 2.28. The van der Waals surface area contributed by atoms with Crippen LogP contribution >= 0.6 is 22.6 Å². The van der Waals surface area contributed by atoms with Crippen molar-refractivity contribution in [3.63, 3.8) is 0 Å². The van der Waals surface area contributed by atoms with Gasteiger partial charge in [0.05, 0.1) is 11.6 Å². The highest BCUT2D eigenvalue weighted by molar-refractivity contribution is 14.1. The van der Waals surface area contributed by atoms with Gasteiger partial charge >= 0.3 is 0 Å². The zero-order chi connectivity index (χ0) is 9.14. The van der Waals surface area contributed by atoms with Crippen LogP contribution in [-0.4, -0.2) is 6.29 Å². The Morgan fingerprint density at radius 3 is 2.67 bits per heavy atom. The number of nitriles is 1. The Hall–Kier alpha value is -0.890. The van der Waals surface area contributed by atoms with Gasteiger partial charge in [0.25, 0.3) is 0 Å². The van der Waals surface area contributed by atoms with Crippen molar-refractivity contribution < 1.29 is 4.79 Å². The highest BCUT2D eigenvalue weighted by Crippen LogP contribution is 2.16. The van der Waals surface area contributed by atoms with Crippen LogP contribution < -0.4 is 0 Å². The van der Waals surface area contributed by atoms with Crippen molar-refractivity contribution in [2.75, 3.05) is 0 Å². The number of carbonyl (C=O) groups excluding carboxylic acids is 1. The maximum absolute atomic E-state index is 10.6. The molecule has 0 spiro atoms. The van der Waals surface area contributed by atoms with E-state index in [1.165, 1.54) is 0 Å². The third-order valence-corrected chi connectivity index (χ3v) is 2.48. The first kappa shape index (κ1) is 9.20. The molecule has 0 fully saturated rings. The first-order chi connectivity index (χ1) is 5.69. The third-order valence-electron chi connectivity index (χ3n) is 1.58. The van der Waals surface area contributed by atoms with Crippen molar-refractivity contribution in [2.24, 2.45) is 0 Å². The van der Waals surface area contributed by atoms with Gasteiger partial charge in [0, 0.05) is 9.13 Å². The number of halogens is 1. The Bertz CT molecular complexity index is 342. The number of nitrogens with zero attached hydrogens (tertiary/aromatic N) is 1. The van der Waals surface area contributed by atoms with Crippen molar-refractivity contribution in [1.82, 2.24) is 0 Å². The summed E-state index contributed by atoms with van der Waals surface area (Å²) in [6, 6.07) is 5.46. The Balaban J connectivity index is 3.39. The molecule has 0 saturated heterocycles. The molecule has 0 unspecified atom stereocenters. The van der Waals surface area contributed by atoms with Gasteiger partial charge in [-0.25, -0.2) is 0 Å². The molecule has 0 aliphatic carbocycles. The molecule has 1 aromatic carbocycles. The summed E-state index contributed by atoms with van der Waals surface area (Å²) in [7, 11) is 0. The molecule has 0 amide bonds. The largest absolute Gasteiger partial charge is 0.298 e. The molecule has 0 saturated carbocycles. The van der Waals surface area contributed by atoms with Crippen molar-refractivity contribution in [3.05, 3.63) is 32.4 Å². The Morgan fingerprint density at radius 1 is 1.58 bits per heavy atom. The molecule has 0 heterocycles. The second-order valence-corrected chi connectivity index (χ2v) is 3.58. The summed E-state index contributed by atoms with van der Waals surface area (Å²) < 4.78 is 0.833. The van der Waals surface area contributed by atoms with E-state index >= 15 is 0 Å². The van der Waals surface area contributed by atoms with Crippen LogP contribution in [-0.2, 0) is 0 Å². The topological polar surface area (TPSA) is 40.9 Å². The third kappa shape index (κ3) is 1.64. The molecule has 0 radical (unpaired) electrons. The standard InChI is InChI=1S/C9H6INO/c1-6-2-7(4-11)3-9(10)8(6)5-12/h2-3,5H,1H3. The Morgan fingerprint density at radius 2 is 2.25 bits per heavy atom. The molecule has 60 valence electrons. The molecule has 12 heavy (non-hydrogen) atoms. The van der Waals surface area contributed by atoms with E-state index < -0.39 is 0 Å². The fourth-order valence-electron chi connectivity index (χ4n) is 0.969. The maximum atomic E-state index is 10.6. The van der Waals surface area contributed by atoms with E-state index in [-0.39, 0.29) is 0 Å². The summed E-state index contributed by atoms with van der Waals surface area (Å²) in [5.41, 5.74) is 2.13. The maximum Gasteiger partial charge on any atom is 0.151 e. The van der Waals surface area contributed by atoms with Gasteiger partial charge < -0.3 is 0 Å². The molecule has 1 rings (SSSR count). The molecular formula is C9H6INO. The van der Waals surface area contributed by atoms with Crippen LogP contribution in [0.25, 0.3) is 0 Å². The monoisotopic (exact) mass is 271 g/mol. The average Bonchev–Trinajstić information content (AvgIpc) is 2.03. The summed E-state index contributed by atoms with van der Waals surface area (Å²) in [5, 5.41) is 8.61. The molecule has 0 aromatic heterocycles. The summed E-state index contributed by atoms with van der Waals surface area (Å²) in [6.07, 6.45) is 0.818. The summed E-state index contributed by atoms with van der Waals surface area (Å²) in [4.78, 5) is 10.6. The smallest absolute Gasteiger partial charge is 0.151 e. The SMILES string of the molecule is Cc1cc(C#N)cc(I)c1C=O. The second-order valence-electron chi connectivity index (χ2n) is 2.42. The van der Waals surface area contributed by atoms with Crippen LogP contribution in [0.2, 0.25) is 0 Å². The minimum atomic E-state index is 0.600. The Kier molecular flexibility index (Phi) is 2.82. The molecule has 3 heteroatoms. The van der Waals surface area contributed by atoms with E-state index in [0.29, 0.717) is 11.1 Å². The van der Waals surface area contributed by atoms with Crippen molar-refractivity contribution in [2.45, 2.75) is 6.92 Å². The van der Waals surface area contributed by atoms with Crippen LogP contribution in [0.5, 0.6) is 0 Å². The molecule has 0 aliphatic heterocycles. The molecule has 0 atom stereocenters. The zero-order valence-corrected chi connectivity index (χ0v) is 8.62. The fraction of sp³-hybridized carbons (Fsp3) is 0.111. The van der Waals surface area contributed by atoms with Gasteiger partial charge in [-0.1, -0.05) is 0 Å². The first-order valence-electron chi connectivity index (χ1n) is 3.34. The number of aldehydes is 1. The van der Waals surface area contributed by atoms with Crippen molar-refractivity contribution in [3.8, 4) is 6.07 Å². The zero-order valence-electron chi connectivity index (χ0n) is 6.47.